The van der Waals surface area contributed by atoms with Gasteiger partial charge in [0.1, 0.15) is 6.10 Å². The van der Waals surface area contributed by atoms with E-state index in [4.69, 9.17) is 23.2 Å². The van der Waals surface area contributed by atoms with Gasteiger partial charge in [-0.05, 0) is 18.6 Å². The Labute approximate surface area is 93.1 Å². The number of hydrogen-bond acceptors (Lipinski definition) is 2. The Balaban J connectivity index is 3.05. The molecule has 0 bridgehead atoms. The van der Waals surface area contributed by atoms with Crippen molar-refractivity contribution < 1.29 is 10.2 Å². The van der Waals surface area contributed by atoms with Gasteiger partial charge >= 0.3 is 0 Å². The maximum Gasteiger partial charge on any atom is 0.108 e. The van der Waals surface area contributed by atoms with Gasteiger partial charge in [0.2, 0.25) is 0 Å². The highest BCUT2D eigenvalue weighted by Gasteiger charge is 2.21. The molecule has 0 aliphatic heterocycles. The van der Waals surface area contributed by atoms with Crippen molar-refractivity contribution in [1.29, 1.82) is 0 Å². The summed E-state index contributed by atoms with van der Waals surface area (Å²) in [5.41, 5.74) is 0.394. The standard InChI is InChI=1S/C10H12Cl2O2/c1-2-8(13)10(14)9-6(11)4-3-5-7(9)12/h3-5,8,10,13-14H,2H2,1H3/t8?,10-/m0/s1. The third-order valence-electron chi connectivity index (χ3n) is 2.08. The lowest BCUT2D eigenvalue weighted by Gasteiger charge is -2.18. The fourth-order valence-corrected chi connectivity index (χ4v) is 1.83. The first-order valence-electron chi connectivity index (χ1n) is 4.38. The van der Waals surface area contributed by atoms with Crippen molar-refractivity contribution in [2.45, 2.75) is 25.6 Å². The Bertz CT molecular complexity index is 295. The van der Waals surface area contributed by atoms with E-state index in [1.807, 2.05) is 0 Å². The largest absolute Gasteiger partial charge is 0.390 e. The van der Waals surface area contributed by atoms with Gasteiger partial charge < -0.3 is 10.2 Å². The predicted octanol–water partition coefficient (Wildman–Crippen LogP) is 2.80. The van der Waals surface area contributed by atoms with Crippen LogP contribution in [0.15, 0.2) is 18.2 Å². The van der Waals surface area contributed by atoms with E-state index in [0.29, 0.717) is 22.0 Å². The molecule has 0 aliphatic carbocycles. The zero-order valence-corrected chi connectivity index (χ0v) is 9.26. The van der Waals surface area contributed by atoms with E-state index < -0.39 is 12.2 Å². The first-order valence-corrected chi connectivity index (χ1v) is 5.13. The molecule has 2 N–H and O–H groups in total. The molecule has 0 radical (unpaired) electrons. The lowest BCUT2D eigenvalue weighted by molar-refractivity contribution is 0.0166. The minimum atomic E-state index is -1.03. The van der Waals surface area contributed by atoms with Crippen LogP contribution in [-0.4, -0.2) is 16.3 Å². The molecule has 14 heavy (non-hydrogen) atoms. The van der Waals surface area contributed by atoms with Gasteiger partial charge in [0.05, 0.1) is 6.10 Å². The molecule has 78 valence electrons. The SMILES string of the molecule is CCC(O)[C@H](O)c1c(Cl)cccc1Cl. The first kappa shape index (κ1) is 11.8. The second-order valence-electron chi connectivity index (χ2n) is 3.06. The summed E-state index contributed by atoms with van der Waals surface area (Å²) in [6.45, 7) is 1.78. The fraction of sp³-hybridized carbons (Fsp3) is 0.400. The van der Waals surface area contributed by atoms with E-state index in [1.54, 1.807) is 25.1 Å². The third-order valence-corrected chi connectivity index (χ3v) is 2.74. The van der Waals surface area contributed by atoms with Gasteiger partial charge in [0.25, 0.3) is 0 Å². The number of aliphatic hydroxyl groups is 2. The predicted molar refractivity (Wildman–Crippen MR) is 57.7 cm³/mol. The van der Waals surface area contributed by atoms with E-state index in [1.165, 1.54) is 0 Å². The van der Waals surface area contributed by atoms with Gasteiger partial charge in [-0.3, -0.25) is 0 Å². The Morgan fingerprint density at radius 1 is 1.21 bits per heavy atom. The smallest absolute Gasteiger partial charge is 0.108 e. The molecule has 1 aromatic carbocycles. The summed E-state index contributed by atoms with van der Waals surface area (Å²) in [6.07, 6.45) is -1.42. The fourth-order valence-electron chi connectivity index (χ4n) is 1.21. The topological polar surface area (TPSA) is 40.5 Å². The van der Waals surface area contributed by atoms with E-state index in [0.717, 1.165) is 0 Å². The zero-order chi connectivity index (χ0) is 10.7. The Kier molecular flexibility index (Phi) is 4.20. The van der Waals surface area contributed by atoms with Crippen molar-refractivity contribution in [2.75, 3.05) is 0 Å². The van der Waals surface area contributed by atoms with Crippen LogP contribution in [0.4, 0.5) is 0 Å². The molecule has 1 rings (SSSR count). The van der Waals surface area contributed by atoms with Crippen molar-refractivity contribution in [2.24, 2.45) is 0 Å². The molecular formula is C10H12Cl2O2. The maximum absolute atomic E-state index is 9.73. The summed E-state index contributed by atoms with van der Waals surface area (Å²) in [6, 6.07) is 4.96. The summed E-state index contributed by atoms with van der Waals surface area (Å²) >= 11 is 11.7. The Morgan fingerprint density at radius 2 is 1.71 bits per heavy atom. The zero-order valence-electron chi connectivity index (χ0n) is 7.74. The van der Waals surface area contributed by atoms with E-state index in [-0.39, 0.29) is 0 Å². The highest BCUT2D eigenvalue weighted by Crippen LogP contribution is 2.32. The second kappa shape index (κ2) is 4.99. The minimum absolute atomic E-state index is 0.373. The Hall–Kier alpha value is -0.280. The van der Waals surface area contributed by atoms with Crippen molar-refractivity contribution in [3.8, 4) is 0 Å². The minimum Gasteiger partial charge on any atom is -0.390 e. The van der Waals surface area contributed by atoms with Gasteiger partial charge in [-0.15, -0.1) is 0 Å². The number of rotatable bonds is 3. The summed E-state index contributed by atoms with van der Waals surface area (Å²) in [7, 11) is 0. The van der Waals surface area contributed by atoms with Crippen molar-refractivity contribution in [1.82, 2.24) is 0 Å². The van der Waals surface area contributed by atoms with Gasteiger partial charge in [-0.25, -0.2) is 0 Å². The van der Waals surface area contributed by atoms with Gasteiger partial charge in [0, 0.05) is 15.6 Å². The van der Waals surface area contributed by atoms with E-state index >= 15 is 0 Å². The van der Waals surface area contributed by atoms with Gasteiger partial charge in [0.15, 0.2) is 0 Å². The van der Waals surface area contributed by atoms with Gasteiger partial charge in [-0.2, -0.15) is 0 Å². The highest BCUT2D eigenvalue weighted by atomic mass is 35.5. The lowest BCUT2D eigenvalue weighted by Crippen LogP contribution is -2.17. The van der Waals surface area contributed by atoms with Crippen LogP contribution in [0.5, 0.6) is 0 Å². The van der Waals surface area contributed by atoms with Crippen LogP contribution in [0.2, 0.25) is 10.0 Å². The average Bonchev–Trinajstić information content (AvgIpc) is 2.16. The van der Waals surface area contributed by atoms with Crippen molar-refractivity contribution in [3.05, 3.63) is 33.8 Å². The molecule has 0 aromatic heterocycles. The van der Waals surface area contributed by atoms with Crippen LogP contribution >= 0.6 is 23.2 Å². The summed E-state index contributed by atoms with van der Waals surface area (Å²) in [5, 5.41) is 19.9. The molecule has 4 heteroatoms. The van der Waals surface area contributed by atoms with Crippen molar-refractivity contribution in [3.63, 3.8) is 0 Å². The van der Waals surface area contributed by atoms with E-state index in [2.05, 4.69) is 0 Å². The molecule has 2 nitrogen and oxygen atoms in total. The molecule has 0 saturated carbocycles. The first-order chi connectivity index (χ1) is 6.57. The molecule has 0 amide bonds. The number of halogens is 2. The molecule has 0 aliphatic rings. The highest BCUT2D eigenvalue weighted by molar-refractivity contribution is 6.36. The second-order valence-corrected chi connectivity index (χ2v) is 3.87. The van der Waals surface area contributed by atoms with Crippen LogP contribution in [-0.2, 0) is 0 Å². The molecule has 2 atom stereocenters. The third kappa shape index (κ3) is 2.39. The van der Waals surface area contributed by atoms with Crippen LogP contribution in [0, 0.1) is 0 Å². The average molecular weight is 235 g/mol. The number of aliphatic hydroxyl groups excluding tert-OH is 2. The molecule has 1 aromatic rings. The molecular weight excluding hydrogens is 223 g/mol. The van der Waals surface area contributed by atoms with E-state index in [9.17, 15) is 10.2 Å². The number of hydrogen-bond donors (Lipinski definition) is 2. The molecule has 1 unspecified atom stereocenters. The van der Waals surface area contributed by atoms with Crippen LogP contribution in [0.1, 0.15) is 25.0 Å². The van der Waals surface area contributed by atoms with Crippen molar-refractivity contribution >= 4 is 23.2 Å². The molecule has 0 saturated heterocycles. The van der Waals surface area contributed by atoms with Crippen LogP contribution < -0.4 is 0 Å². The van der Waals surface area contributed by atoms with Gasteiger partial charge in [-0.1, -0.05) is 36.2 Å². The van der Waals surface area contributed by atoms with Crippen LogP contribution in [0.25, 0.3) is 0 Å². The lowest BCUT2D eigenvalue weighted by atomic mass is 10.0. The summed E-state index contributed by atoms with van der Waals surface area (Å²) in [4.78, 5) is 0. The quantitative estimate of drug-likeness (QED) is 0.845. The Morgan fingerprint density at radius 3 is 2.14 bits per heavy atom. The molecule has 0 spiro atoms. The summed E-state index contributed by atoms with van der Waals surface area (Å²) in [5.74, 6) is 0. The number of benzene rings is 1. The maximum atomic E-state index is 9.73. The normalized spacial score (nSPS) is 15.2. The monoisotopic (exact) mass is 234 g/mol. The molecule has 0 fully saturated rings. The molecule has 0 heterocycles. The van der Waals surface area contributed by atoms with Crippen LogP contribution in [0.3, 0.4) is 0 Å². The summed E-state index contributed by atoms with van der Waals surface area (Å²) < 4.78 is 0.